The van der Waals surface area contributed by atoms with Crippen molar-refractivity contribution in [1.29, 1.82) is 0 Å². The van der Waals surface area contributed by atoms with E-state index in [9.17, 15) is 4.79 Å². The summed E-state index contributed by atoms with van der Waals surface area (Å²) in [4.78, 5) is 11.4. The third-order valence-corrected chi connectivity index (χ3v) is 4.22. The summed E-state index contributed by atoms with van der Waals surface area (Å²) in [6, 6.07) is 7.72. The van der Waals surface area contributed by atoms with E-state index in [0.717, 1.165) is 36.3 Å². The van der Waals surface area contributed by atoms with E-state index in [-0.39, 0.29) is 0 Å². The zero-order valence-electron chi connectivity index (χ0n) is 12.3. The molecule has 1 fully saturated rings. The first-order valence-electron chi connectivity index (χ1n) is 7.51. The number of carbonyl (C=O) groups is 1. The normalized spacial score (nSPS) is 15.9. The summed E-state index contributed by atoms with van der Waals surface area (Å²) in [5.74, 6) is 1.17. The molecule has 0 saturated heterocycles. The van der Waals surface area contributed by atoms with Gasteiger partial charge in [-0.3, -0.25) is 4.79 Å². The van der Waals surface area contributed by atoms with Crippen molar-refractivity contribution in [2.45, 2.75) is 38.0 Å². The number of aldehydes is 1. The first-order valence-corrected chi connectivity index (χ1v) is 7.51. The highest BCUT2D eigenvalue weighted by molar-refractivity contribution is 5.76. The molecule has 0 aliphatic heterocycles. The maximum absolute atomic E-state index is 11.4. The molecule has 0 atom stereocenters. The molecule has 2 aromatic rings. The standard InChI is InChI=1S/C17H20N2O2/c1-21-16-10-6-5-9-15(16)19-11-14(12-20)17(18-19)13-7-3-2-4-8-13/h5-6,9-13H,2-4,7-8H2,1H3. The van der Waals surface area contributed by atoms with Gasteiger partial charge >= 0.3 is 0 Å². The van der Waals surface area contributed by atoms with Crippen LogP contribution in [0.5, 0.6) is 5.75 Å². The summed E-state index contributed by atoms with van der Waals surface area (Å²) in [7, 11) is 1.64. The molecule has 1 aromatic carbocycles. The SMILES string of the molecule is COc1ccccc1-n1cc(C=O)c(C2CCCCC2)n1. The molecule has 4 nitrogen and oxygen atoms in total. The second-order valence-corrected chi connectivity index (χ2v) is 5.54. The van der Waals surface area contributed by atoms with Gasteiger partial charge in [0.1, 0.15) is 11.4 Å². The van der Waals surface area contributed by atoms with E-state index in [1.54, 1.807) is 11.8 Å². The summed E-state index contributed by atoms with van der Waals surface area (Å²) in [5.41, 5.74) is 2.51. The lowest BCUT2D eigenvalue weighted by atomic mass is 9.86. The van der Waals surface area contributed by atoms with Crippen LogP contribution in [-0.4, -0.2) is 23.2 Å². The monoisotopic (exact) mass is 284 g/mol. The van der Waals surface area contributed by atoms with Crippen LogP contribution in [0.15, 0.2) is 30.5 Å². The van der Waals surface area contributed by atoms with E-state index in [0.29, 0.717) is 11.5 Å². The Kier molecular flexibility index (Phi) is 4.04. The van der Waals surface area contributed by atoms with Crippen molar-refractivity contribution in [3.05, 3.63) is 41.7 Å². The van der Waals surface area contributed by atoms with Crippen molar-refractivity contribution >= 4 is 6.29 Å². The van der Waals surface area contributed by atoms with Gasteiger partial charge in [0.2, 0.25) is 0 Å². The van der Waals surface area contributed by atoms with Gasteiger partial charge in [0, 0.05) is 12.1 Å². The van der Waals surface area contributed by atoms with Crippen LogP contribution in [0.2, 0.25) is 0 Å². The molecule has 0 N–H and O–H groups in total. The largest absolute Gasteiger partial charge is 0.494 e. The van der Waals surface area contributed by atoms with Crippen LogP contribution < -0.4 is 4.74 Å². The van der Waals surface area contributed by atoms with Gasteiger partial charge < -0.3 is 4.74 Å². The van der Waals surface area contributed by atoms with Crippen molar-refractivity contribution in [3.63, 3.8) is 0 Å². The molecule has 1 aromatic heterocycles. The van der Waals surface area contributed by atoms with Crippen molar-refractivity contribution in [3.8, 4) is 11.4 Å². The maximum atomic E-state index is 11.4. The molecule has 1 heterocycles. The molecule has 0 unspecified atom stereocenters. The Morgan fingerprint density at radius 2 is 2.00 bits per heavy atom. The number of methoxy groups -OCH3 is 1. The quantitative estimate of drug-likeness (QED) is 0.803. The summed E-state index contributed by atoms with van der Waals surface area (Å²) < 4.78 is 7.15. The summed E-state index contributed by atoms with van der Waals surface area (Å²) in [6.07, 6.45) is 8.74. The first-order chi connectivity index (χ1) is 10.3. The second-order valence-electron chi connectivity index (χ2n) is 5.54. The Hall–Kier alpha value is -2.10. The number of hydrogen-bond donors (Lipinski definition) is 0. The Bertz CT molecular complexity index is 627. The predicted molar refractivity (Wildman–Crippen MR) is 81.3 cm³/mol. The average Bonchev–Trinajstić information content (AvgIpc) is 2.99. The van der Waals surface area contributed by atoms with Crippen molar-refractivity contribution in [2.75, 3.05) is 7.11 Å². The molecule has 21 heavy (non-hydrogen) atoms. The molecule has 0 spiro atoms. The fourth-order valence-corrected chi connectivity index (χ4v) is 3.13. The van der Waals surface area contributed by atoms with E-state index in [4.69, 9.17) is 4.74 Å². The zero-order chi connectivity index (χ0) is 14.7. The summed E-state index contributed by atoms with van der Waals surface area (Å²) in [5, 5.41) is 4.69. The lowest BCUT2D eigenvalue weighted by Gasteiger charge is -2.20. The molecule has 1 aliphatic carbocycles. The van der Waals surface area contributed by atoms with Gasteiger partial charge in [-0.2, -0.15) is 5.10 Å². The highest BCUT2D eigenvalue weighted by Gasteiger charge is 2.22. The number of para-hydroxylation sites is 2. The van der Waals surface area contributed by atoms with Gasteiger partial charge in [0.15, 0.2) is 6.29 Å². The number of carbonyl (C=O) groups excluding carboxylic acids is 1. The number of aromatic nitrogens is 2. The molecule has 1 saturated carbocycles. The third-order valence-electron chi connectivity index (χ3n) is 4.22. The van der Waals surface area contributed by atoms with Gasteiger partial charge in [0.05, 0.1) is 18.4 Å². The van der Waals surface area contributed by atoms with Crippen LogP contribution in [0.25, 0.3) is 5.69 Å². The smallest absolute Gasteiger partial charge is 0.153 e. The molecule has 1 aliphatic rings. The lowest BCUT2D eigenvalue weighted by Crippen LogP contribution is -2.08. The highest BCUT2D eigenvalue weighted by Crippen LogP contribution is 2.34. The highest BCUT2D eigenvalue weighted by atomic mass is 16.5. The Morgan fingerprint density at radius 3 is 2.71 bits per heavy atom. The van der Waals surface area contributed by atoms with Crippen LogP contribution in [0.3, 0.4) is 0 Å². The fourth-order valence-electron chi connectivity index (χ4n) is 3.13. The van der Waals surface area contributed by atoms with E-state index < -0.39 is 0 Å². The van der Waals surface area contributed by atoms with E-state index in [2.05, 4.69) is 5.10 Å². The maximum Gasteiger partial charge on any atom is 0.153 e. The molecule has 4 heteroatoms. The average molecular weight is 284 g/mol. The molecular weight excluding hydrogens is 264 g/mol. The van der Waals surface area contributed by atoms with E-state index >= 15 is 0 Å². The molecule has 0 bridgehead atoms. The van der Waals surface area contributed by atoms with Crippen LogP contribution in [0.4, 0.5) is 0 Å². The van der Waals surface area contributed by atoms with Crippen LogP contribution >= 0.6 is 0 Å². The zero-order valence-corrected chi connectivity index (χ0v) is 12.3. The number of nitrogens with zero attached hydrogens (tertiary/aromatic N) is 2. The topological polar surface area (TPSA) is 44.1 Å². The fraction of sp³-hybridized carbons (Fsp3) is 0.412. The summed E-state index contributed by atoms with van der Waals surface area (Å²) >= 11 is 0. The van der Waals surface area contributed by atoms with Gasteiger partial charge in [-0.05, 0) is 25.0 Å². The first kappa shape index (κ1) is 13.9. The van der Waals surface area contributed by atoms with E-state index in [1.807, 2.05) is 30.5 Å². The molecule has 110 valence electrons. The number of ether oxygens (including phenoxy) is 1. The second kappa shape index (κ2) is 6.12. The Labute approximate surface area is 124 Å². The summed E-state index contributed by atoms with van der Waals surface area (Å²) in [6.45, 7) is 0. The van der Waals surface area contributed by atoms with Crippen molar-refractivity contribution in [2.24, 2.45) is 0 Å². The Balaban J connectivity index is 2.00. The van der Waals surface area contributed by atoms with Crippen molar-refractivity contribution in [1.82, 2.24) is 9.78 Å². The van der Waals surface area contributed by atoms with Crippen LogP contribution in [-0.2, 0) is 0 Å². The van der Waals surface area contributed by atoms with Gasteiger partial charge in [-0.15, -0.1) is 0 Å². The number of benzene rings is 1. The molecule has 0 amide bonds. The Morgan fingerprint density at radius 1 is 1.24 bits per heavy atom. The molecule has 3 rings (SSSR count). The van der Waals surface area contributed by atoms with Gasteiger partial charge in [-0.25, -0.2) is 4.68 Å². The van der Waals surface area contributed by atoms with Crippen molar-refractivity contribution < 1.29 is 9.53 Å². The minimum absolute atomic E-state index is 0.412. The molecular formula is C17H20N2O2. The minimum Gasteiger partial charge on any atom is -0.494 e. The third kappa shape index (κ3) is 2.71. The van der Waals surface area contributed by atoms with Gasteiger partial charge in [-0.1, -0.05) is 31.4 Å². The van der Waals surface area contributed by atoms with Crippen LogP contribution in [0.1, 0.15) is 54.1 Å². The predicted octanol–water partition coefficient (Wildman–Crippen LogP) is 3.74. The van der Waals surface area contributed by atoms with E-state index in [1.165, 1.54) is 19.3 Å². The minimum atomic E-state index is 0.412. The van der Waals surface area contributed by atoms with Gasteiger partial charge in [0.25, 0.3) is 0 Å². The van der Waals surface area contributed by atoms with Crippen LogP contribution in [0, 0.1) is 0 Å². The lowest BCUT2D eigenvalue weighted by molar-refractivity contribution is 0.112. The molecule has 0 radical (unpaired) electrons. The number of hydrogen-bond acceptors (Lipinski definition) is 3. The number of rotatable bonds is 4.